The first kappa shape index (κ1) is 17.5. The van der Waals surface area contributed by atoms with E-state index in [1.807, 2.05) is 0 Å². The normalized spacial score (nSPS) is 16.2. The van der Waals surface area contributed by atoms with E-state index < -0.39 is 0 Å². The van der Waals surface area contributed by atoms with Crippen LogP contribution in [0.2, 0.25) is 0 Å². The van der Waals surface area contributed by atoms with Crippen molar-refractivity contribution in [3.63, 3.8) is 0 Å². The summed E-state index contributed by atoms with van der Waals surface area (Å²) in [7, 11) is 0. The average molecular weight is 282 g/mol. The van der Waals surface area contributed by atoms with Gasteiger partial charge in [-0.05, 0) is 32.4 Å². The Morgan fingerprint density at radius 1 is 0.950 bits per heavy atom. The molecule has 0 atom stereocenters. The minimum atomic E-state index is 0.264. The van der Waals surface area contributed by atoms with Crippen molar-refractivity contribution in [1.82, 2.24) is 10.6 Å². The number of unbranched alkanes of at least 4 members (excludes halogenated alkanes) is 8. The Balaban J connectivity index is 1.84. The molecule has 1 fully saturated rings. The van der Waals surface area contributed by atoms with Crippen molar-refractivity contribution in [2.75, 3.05) is 13.1 Å². The van der Waals surface area contributed by atoms with E-state index in [1.54, 1.807) is 0 Å². The zero-order valence-corrected chi connectivity index (χ0v) is 13.4. The maximum Gasteiger partial charge on any atom is 0.220 e. The number of carbonyl (C=O) groups is 1. The van der Waals surface area contributed by atoms with E-state index in [1.165, 1.54) is 51.4 Å². The van der Waals surface area contributed by atoms with Crippen LogP contribution in [0.25, 0.3) is 0 Å². The third kappa shape index (κ3) is 9.35. The van der Waals surface area contributed by atoms with Crippen LogP contribution >= 0.6 is 0 Å². The lowest BCUT2D eigenvalue weighted by molar-refractivity contribution is -0.122. The lowest BCUT2D eigenvalue weighted by Gasteiger charge is -2.23. The number of piperidine rings is 1. The maximum absolute atomic E-state index is 11.8. The molecule has 0 aromatic rings. The number of hydrogen-bond donors (Lipinski definition) is 2. The predicted molar refractivity (Wildman–Crippen MR) is 85.9 cm³/mol. The van der Waals surface area contributed by atoms with Crippen molar-refractivity contribution in [1.29, 1.82) is 0 Å². The first-order valence-electron chi connectivity index (χ1n) is 8.83. The Kier molecular flexibility index (Phi) is 10.7. The molecule has 0 bridgehead atoms. The molecule has 0 aliphatic carbocycles. The monoisotopic (exact) mass is 282 g/mol. The minimum absolute atomic E-state index is 0.264. The van der Waals surface area contributed by atoms with Crippen LogP contribution < -0.4 is 10.6 Å². The zero-order valence-electron chi connectivity index (χ0n) is 13.4. The second kappa shape index (κ2) is 12.2. The van der Waals surface area contributed by atoms with Gasteiger partial charge < -0.3 is 10.6 Å². The fourth-order valence-corrected chi connectivity index (χ4v) is 2.86. The standard InChI is InChI=1S/C17H34N2O/c1-2-3-4-5-6-7-8-9-10-11-17(20)19-16-12-14-18-15-13-16/h16,18H,2-15H2,1H3,(H,19,20). The average Bonchev–Trinajstić information content (AvgIpc) is 2.46. The van der Waals surface area contributed by atoms with Crippen molar-refractivity contribution in [3.05, 3.63) is 0 Å². The van der Waals surface area contributed by atoms with Crippen LogP contribution in [0.4, 0.5) is 0 Å². The van der Waals surface area contributed by atoms with Gasteiger partial charge in [-0.3, -0.25) is 4.79 Å². The fraction of sp³-hybridized carbons (Fsp3) is 0.941. The van der Waals surface area contributed by atoms with Gasteiger partial charge in [0.05, 0.1) is 0 Å². The van der Waals surface area contributed by atoms with Gasteiger partial charge >= 0.3 is 0 Å². The second-order valence-corrected chi connectivity index (χ2v) is 6.17. The molecule has 1 heterocycles. The molecule has 20 heavy (non-hydrogen) atoms. The maximum atomic E-state index is 11.8. The molecule has 3 nitrogen and oxygen atoms in total. The molecule has 3 heteroatoms. The number of rotatable bonds is 11. The molecule has 1 rings (SSSR count). The van der Waals surface area contributed by atoms with E-state index in [0.29, 0.717) is 6.04 Å². The van der Waals surface area contributed by atoms with E-state index in [0.717, 1.165) is 38.8 Å². The van der Waals surface area contributed by atoms with Crippen LogP contribution in [-0.4, -0.2) is 25.0 Å². The smallest absolute Gasteiger partial charge is 0.220 e. The summed E-state index contributed by atoms with van der Waals surface area (Å²) in [4.78, 5) is 11.8. The Morgan fingerprint density at radius 2 is 1.50 bits per heavy atom. The Hall–Kier alpha value is -0.570. The predicted octanol–water partition coefficient (Wildman–Crippen LogP) is 3.78. The molecule has 1 amide bonds. The van der Waals surface area contributed by atoms with Gasteiger partial charge in [0, 0.05) is 12.5 Å². The number of carbonyl (C=O) groups excluding carboxylic acids is 1. The molecule has 0 aromatic carbocycles. The van der Waals surface area contributed by atoms with Gasteiger partial charge in [0.25, 0.3) is 0 Å². The summed E-state index contributed by atoms with van der Waals surface area (Å²) in [5, 5.41) is 6.49. The summed E-state index contributed by atoms with van der Waals surface area (Å²) in [6.07, 6.45) is 14.7. The molecule has 118 valence electrons. The van der Waals surface area contributed by atoms with Gasteiger partial charge in [0.2, 0.25) is 5.91 Å². The van der Waals surface area contributed by atoms with E-state index in [-0.39, 0.29) is 5.91 Å². The molecule has 0 saturated carbocycles. The summed E-state index contributed by atoms with van der Waals surface area (Å²) >= 11 is 0. The van der Waals surface area contributed by atoms with Crippen LogP contribution in [0.15, 0.2) is 0 Å². The van der Waals surface area contributed by atoms with E-state index in [9.17, 15) is 4.79 Å². The van der Waals surface area contributed by atoms with Gasteiger partial charge in [-0.2, -0.15) is 0 Å². The van der Waals surface area contributed by atoms with Crippen molar-refractivity contribution in [3.8, 4) is 0 Å². The number of hydrogen-bond acceptors (Lipinski definition) is 2. The molecule has 1 aliphatic heterocycles. The first-order chi connectivity index (χ1) is 9.83. The summed E-state index contributed by atoms with van der Waals surface area (Å²) in [5.74, 6) is 0.264. The van der Waals surface area contributed by atoms with Gasteiger partial charge in [-0.25, -0.2) is 0 Å². The summed E-state index contributed by atoms with van der Waals surface area (Å²) in [5.41, 5.74) is 0. The van der Waals surface area contributed by atoms with Crippen LogP contribution in [0.1, 0.15) is 84.0 Å². The molecular weight excluding hydrogens is 248 g/mol. The summed E-state index contributed by atoms with van der Waals surface area (Å²) in [6.45, 7) is 4.35. The molecule has 0 unspecified atom stereocenters. The topological polar surface area (TPSA) is 41.1 Å². The third-order valence-electron chi connectivity index (χ3n) is 4.21. The highest BCUT2D eigenvalue weighted by atomic mass is 16.1. The lowest BCUT2D eigenvalue weighted by Crippen LogP contribution is -2.42. The van der Waals surface area contributed by atoms with Crippen molar-refractivity contribution < 1.29 is 4.79 Å². The van der Waals surface area contributed by atoms with E-state index >= 15 is 0 Å². The highest BCUT2D eigenvalue weighted by Crippen LogP contribution is 2.10. The summed E-state index contributed by atoms with van der Waals surface area (Å²) in [6, 6.07) is 0.419. The highest BCUT2D eigenvalue weighted by Gasteiger charge is 2.14. The molecule has 2 N–H and O–H groups in total. The van der Waals surface area contributed by atoms with E-state index in [2.05, 4.69) is 17.6 Å². The SMILES string of the molecule is CCCCCCCCCCCC(=O)NC1CCNCC1. The van der Waals surface area contributed by atoms with Crippen molar-refractivity contribution in [2.45, 2.75) is 90.0 Å². The van der Waals surface area contributed by atoms with Crippen LogP contribution in [0, 0.1) is 0 Å². The van der Waals surface area contributed by atoms with E-state index in [4.69, 9.17) is 0 Å². The molecule has 1 aliphatic rings. The molecule has 0 spiro atoms. The molecule has 1 saturated heterocycles. The Labute approximate surface area is 125 Å². The summed E-state index contributed by atoms with van der Waals surface area (Å²) < 4.78 is 0. The van der Waals surface area contributed by atoms with Gasteiger partial charge in [-0.15, -0.1) is 0 Å². The first-order valence-corrected chi connectivity index (χ1v) is 8.83. The minimum Gasteiger partial charge on any atom is -0.353 e. The van der Waals surface area contributed by atoms with Crippen LogP contribution in [0.5, 0.6) is 0 Å². The Morgan fingerprint density at radius 3 is 2.10 bits per heavy atom. The fourth-order valence-electron chi connectivity index (χ4n) is 2.86. The van der Waals surface area contributed by atoms with Crippen LogP contribution in [0.3, 0.4) is 0 Å². The van der Waals surface area contributed by atoms with Gasteiger partial charge in [0.15, 0.2) is 0 Å². The van der Waals surface area contributed by atoms with Crippen molar-refractivity contribution >= 4 is 5.91 Å². The Bertz CT molecular complexity index is 237. The van der Waals surface area contributed by atoms with Gasteiger partial charge in [0.1, 0.15) is 0 Å². The van der Waals surface area contributed by atoms with Gasteiger partial charge in [-0.1, -0.05) is 58.3 Å². The molecule has 0 radical (unpaired) electrons. The zero-order chi connectivity index (χ0) is 14.5. The van der Waals surface area contributed by atoms with Crippen LogP contribution in [-0.2, 0) is 4.79 Å². The third-order valence-corrected chi connectivity index (χ3v) is 4.21. The number of nitrogens with one attached hydrogen (secondary N) is 2. The highest BCUT2D eigenvalue weighted by molar-refractivity contribution is 5.76. The molecular formula is C17H34N2O. The molecule has 0 aromatic heterocycles. The number of amides is 1. The van der Waals surface area contributed by atoms with Crippen molar-refractivity contribution in [2.24, 2.45) is 0 Å². The largest absolute Gasteiger partial charge is 0.353 e. The quantitative estimate of drug-likeness (QED) is 0.566. The lowest BCUT2D eigenvalue weighted by atomic mass is 10.1. The second-order valence-electron chi connectivity index (χ2n) is 6.17.